The molecule has 0 aromatic heterocycles. The minimum Gasteiger partial charge on any atom is -0.482 e. The number of nitrogens with zero attached hydrogens (tertiary/aromatic N) is 1. The third kappa shape index (κ3) is 3.89. The van der Waals surface area contributed by atoms with Gasteiger partial charge in [-0.3, -0.25) is 4.55 Å². The summed E-state index contributed by atoms with van der Waals surface area (Å²) in [4.78, 5) is 0. The van der Waals surface area contributed by atoms with Gasteiger partial charge in [0.05, 0.1) is 16.7 Å². The Labute approximate surface area is 163 Å². The molecule has 0 saturated heterocycles. The van der Waals surface area contributed by atoms with E-state index in [9.17, 15) is 13.9 Å². The highest BCUT2D eigenvalue weighted by atomic mass is 35.5. The van der Waals surface area contributed by atoms with Gasteiger partial charge in [-0.25, -0.2) is 13.3 Å². The molecule has 0 fully saturated rings. The molecule has 1 aliphatic heterocycles. The monoisotopic (exact) mass is 406 g/mol. The molecule has 1 unspecified atom stereocenters. The van der Waals surface area contributed by atoms with Gasteiger partial charge in [0.1, 0.15) is 17.2 Å². The van der Waals surface area contributed by atoms with E-state index in [0.717, 1.165) is 5.56 Å². The molecule has 1 heterocycles. The van der Waals surface area contributed by atoms with Gasteiger partial charge in [-0.2, -0.15) is 5.26 Å². The number of halogens is 2. The number of benzene rings is 2. The maximum atomic E-state index is 14.0. The summed E-state index contributed by atoms with van der Waals surface area (Å²) < 4.78 is 42.2. The van der Waals surface area contributed by atoms with Gasteiger partial charge < -0.3 is 4.74 Å². The molecule has 2 N–H and O–H groups in total. The molecule has 3 rings (SSSR count). The second-order valence-electron chi connectivity index (χ2n) is 6.50. The summed E-state index contributed by atoms with van der Waals surface area (Å²) in [6.45, 7) is 3.68. The molecule has 0 bridgehead atoms. The molecule has 2 aromatic rings. The molecule has 0 saturated carbocycles. The van der Waals surface area contributed by atoms with Crippen molar-refractivity contribution in [2.45, 2.75) is 26.0 Å². The maximum Gasteiger partial charge on any atom is 0.232 e. The summed E-state index contributed by atoms with van der Waals surface area (Å²) in [5, 5.41) is 9.73. The summed E-state index contributed by atoms with van der Waals surface area (Å²) in [5.41, 5.74) is 1.91. The van der Waals surface area contributed by atoms with E-state index < -0.39 is 22.7 Å². The zero-order valence-corrected chi connectivity index (χ0v) is 16.1. The fourth-order valence-electron chi connectivity index (χ4n) is 3.02. The molecule has 0 spiro atoms. The predicted octanol–water partition coefficient (Wildman–Crippen LogP) is 4.20. The van der Waals surface area contributed by atoms with Gasteiger partial charge in [0.15, 0.2) is 0 Å². The Morgan fingerprint density at radius 1 is 1.33 bits per heavy atom. The van der Waals surface area contributed by atoms with E-state index in [2.05, 4.69) is 10.8 Å². The Kier molecular flexibility index (Phi) is 5.36. The van der Waals surface area contributed by atoms with Crippen molar-refractivity contribution in [2.75, 3.05) is 0 Å². The number of hydrogen-bond acceptors (Lipinski definition) is 3. The number of nitriles is 1. The largest absolute Gasteiger partial charge is 0.482 e. The second-order valence-corrected chi connectivity index (χ2v) is 7.70. The number of ether oxygens (including phenoxy) is 1. The highest BCUT2D eigenvalue weighted by Gasteiger charge is 2.36. The number of nitrogens with one attached hydrogen (secondary N) is 1. The lowest BCUT2D eigenvalue weighted by atomic mass is 9.83. The Hall–Kier alpha value is -2.24. The molecule has 0 amide bonds. The highest BCUT2D eigenvalue weighted by molar-refractivity contribution is 7.77. The molecule has 8 heteroatoms. The first kappa shape index (κ1) is 19.5. The smallest absolute Gasteiger partial charge is 0.232 e. The van der Waals surface area contributed by atoms with E-state index in [1.165, 1.54) is 12.1 Å². The first-order valence-corrected chi connectivity index (χ1v) is 9.48. The zero-order valence-electron chi connectivity index (χ0n) is 14.5. The van der Waals surface area contributed by atoms with Gasteiger partial charge >= 0.3 is 0 Å². The van der Waals surface area contributed by atoms with Crippen LogP contribution in [0.5, 0.6) is 5.75 Å². The molecule has 5 nitrogen and oxygen atoms in total. The van der Waals surface area contributed by atoms with E-state index in [1.54, 1.807) is 38.1 Å². The summed E-state index contributed by atoms with van der Waals surface area (Å²) in [5.74, 6) is -0.0663. The second kappa shape index (κ2) is 7.41. The molecular formula is C19H16ClFN2O3S. The number of rotatable bonds is 4. The van der Waals surface area contributed by atoms with Gasteiger partial charge in [-0.05, 0) is 43.2 Å². The Balaban J connectivity index is 2.18. The molecule has 1 aliphatic rings. The SMILES string of the molecule is CC1(C)Oc2cc(CNS(=O)O)ccc2C(c2ccc(Cl)c(F)c2)=C1C#N. The molecular weight excluding hydrogens is 391 g/mol. The van der Waals surface area contributed by atoms with Crippen LogP contribution >= 0.6 is 11.6 Å². The molecule has 2 aromatic carbocycles. The lowest BCUT2D eigenvalue weighted by Crippen LogP contribution is -2.34. The Morgan fingerprint density at radius 2 is 2.07 bits per heavy atom. The van der Waals surface area contributed by atoms with E-state index in [-0.39, 0.29) is 11.6 Å². The molecule has 0 aliphatic carbocycles. The van der Waals surface area contributed by atoms with Crippen LogP contribution in [0.4, 0.5) is 4.39 Å². The van der Waals surface area contributed by atoms with Crippen LogP contribution in [-0.4, -0.2) is 14.4 Å². The van der Waals surface area contributed by atoms with Crippen molar-refractivity contribution >= 4 is 28.4 Å². The van der Waals surface area contributed by atoms with E-state index in [4.69, 9.17) is 20.9 Å². The summed E-state index contributed by atoms with van der Waals surface area (Å²) in [7, 11) is 0. The Morgan fingerprint density at radius 3 is 2.70 bits per heavy atom. The number of hydrogen-bond donors (Lipinski definition) is 2. The molecule has 27 heavy (non-hydrogen) atoms. The van der Waals surface area contributed by atoms with Crippen LogP contribution in [-0.2, 0) is 17.8 Å². The minimum atomic E-state index is -2.13. The molecule has 140 valence electrons. The first-order chi connectivity index (χ1) is 12.7. The summed E-state index contributed by atoms with van der Waals surface area (Å²) in [6.07, 6.45) is 0. The van der Waals surface area contributed by atoms with Crippen molar-refractivity contribution in [2.24, 2.45) is 0 Å². The van der Waals surface area contributed by atoms with Gasteiger partial charge in [0.25, 0.3) is 0 Å². The van der Waals surface area contributed by atoms with Crippen LogP contribution in [0.3, 0.4) is 0 Å². The van der Waals surface area contributed by atoms with Crippen molar-refractivity contribution in [1.29, 1.82) is 5.26 Å². The van der Waals surface area contributed by atoms with E-state index in [0.29, 0.717) is 28.0 Å². The van der Waals surface area contributed by atoms with Crippen molar-refractivity contribution in [3.05, 3.63) is 69.5 Å². The normalized spacial score (nSPS) is 16.3. The third-order valence-corrected chi connectivity index (χ3v) is 4.95. The van der Waals surface area contributed by atoms with Crippen LogP contribution < -0.4 is 9.46 Å². The highest BCUT2D eigenvalue weighted by Crippen LogP contribution is 2.44. The average Bonchev–Trinajstić information content (AvgIpc) is 2.60. The third-order valence-electron chi connectivity index (χ3n) is 4.25. The van der Waals surface area contributed by atoms with E-state index in [1.807, 2.05) is 0 Å². The maximum absolute atomic E-state index is 14.0. The zero-order chi connectivity index (χ0) is 19.8. The topological polar surface area (TPSA) is 82.3 Å². The Bertz CT molecular complexity index is 1010. The van der Waals surface area contributed by atoms with Crippen molar-refractivity contribution in [3.63, 3.8) is 0 Å². The lowest BCUT2D eigenvalue weighted by molar-refractivity contribution is 0.149. The van der Waals surface area contributed by atoms with Gasteiger partial charge in [-0.15, -0.1) is 0 Å². The van der Waals surface area contributed by atoms with Crippen LogP contribution in [0.1, 0.15) is 30.5 Å². The van der Waals surface area contributed by atoms with E-state index >= 15 is 0 Å². The fourth-order valence-corrected chi connectivity index (χ4v) is 3.42. The predicted molar refractivity (Wildman–Crippen MR) is 102 cm³/mol. The number of fused-ring (bicyclic) bond motifs is 1. The minimum absolute atomic E-state index is 0.00262. The first-order valence-electron chi connectivity index (χ1n) is 8.00. The van der Waals surface area contributed by atoms with Crippen LogP contribution in [0.2, 0.25) is 5.02 Å². The van der Waals surface area contributed by atoms with Crippen molar-refractivity contribution < 1.29 is 17.9 Å². The van der Waals surface area contributed by atoms with Gasteiger partial charge in [0.2, 0.25) is 11.3 Å². The quantitative estimate of drug-likeness (QED) is 0.745. The standard InChI is InChI=1S/C19H16ClFN2O3S/c1-19(2)14(9-22)18(12-4-6-15(20)16(21)8-12)13-5-3-11(7-17(13)26-19)10-23-27(24)25/h3-8,23H,10H2,1-2H3,(H,24,25). The van der Waals surface area contributed by atoms with Crippen LogP contribution in [0, 0.1) is 17.1 Å². The van der Waals surface area contributed by atoms with Crippen molar-refractivity contribution in [3.8, 4) is 11.8 Å². The van der Waals surface area contributed by atoms with Gasteiger partial charge in [-0.1, -0.05) is 29.8 Å². The lowest BCUT2D eigenvalue weighted by Gasteiger charge is -2.34. The van der Waals surface area contributed by atoms with Crippen LogP contribution in [0.25, 0.3) is 5.57 Å². The van der Waals surface area contributed by atoms with Crippen molar-refractivity contribution in [1.82, 2.24) is 4.72 Å². The van der Waals surface area contributed by atoms with Gasteiger partial charge in [0, 0.05) is 17.7 Å². The molecule has 0 radical (unpaired) electrons. The van der Waals surface area contributed by atoms with Crippen LogP contribution in [0.15, 0.2) is 42.0 Å². The summed E-state index contributed by atoms with van der Waals surface area (Å²) >= 11 is 3.66. The molecule has 1 atom stereocenters. The summed E-state index contributed by atoms with van der Waals surface area (Å²) in [6, 6.07) is 11.8. The average molecular weight is 407 g/mol. The fraction of sp³-hybridized carbons (Fsp3) is 0.211.